The van der Waals surface area contributed by atoms with E-state index in [0.29, 0.717) is 6.54 Å². The largest absolute Gasteiger partial charge is 0.482 e. The molecular weight excluding hydrogens is 434 g/mol. The number of aromatic nitrogens is 1. The Hall–Kier alpha value is -4.12. The minimum absolute atomic E-state index is 0.0399. The first-order chi connectivity index (χ1) is 17.0. The Morgan fingerprint density at radius 2 is 1.77 bits per heavy atom. The number of anilines is 3. The minimum atomic E-state index is -0.0399. The highest BCUT2D eigenvalue weighted by Gasteiger charge is 2.26. The van der Waals surface area contributed by atoms with Crippen LogP contribution in [0, 0.1) is 13.8 Å². The van der Waals surface area contributed by atoms with Crippen LogP contribution in [0.2, 0.25) is 0 Å². The van der Waals surface area contributed by atoms with E-state index in [1.807, 2.05) is 35.2 Å². The Bertz CT molecular complexity index is 1330. The molecule has 35 heavy (non-hydrogen) atoms. The number of aryl methyl sites for hydroxylation is 2. The highest BCUT2D eigenvalue weighted by molar-refractivity contribution is 5.99. The van der Waals surface area contributed by atoms with Gasteiger partial charge >= 0.3 is 0 Å². The summed E-state index contributed by atoms with van der Waals surface area (Å²) in [4.78, 5) is 19.2. The lowest BCUT2D eigenvalue weighted by molar-refractivity contribution is -0.121. The van der Waals surface area contributed by atoms with Crippen LogP contribution in [0.4, 0.5) is 17.2 Å². The standard InChI is InChI=1S/C30H29N3O2/c1-21-14-22(2)16-26(15-21)32-29-18-25(12-13-31-29)24-10-11-28-27(17-24)33(30(34)20-35-28)19-23-8-6-4-3-5-7-9-23/h4,6-18H,3,5,19-20H2,1-2H3,(H,31,32)/b6-4-,9-7?,23-8?. The Labute approximate surface area is 206 Å². The van der Waals surface area contributed by atoms with Crippen molar-refractivity contribution in [1.82, 2.24) is 4.98 Å². The molecule has 3 aromatic rings. The molecule has 0 bridgehead atoms. The van der Waals surface area contributed by atoms with Crippen molar-refractivity contribution in [2.45, 2.75) is 26.7 Å². The monoisotopic (exact) mass is 463 g/mol. The number of ether oxygens (including phenoxy) is 1. The van der Waals surface area contributed by atoms with Crippen molar-refractivity contribution in [2.75, 3.05) is 23.4 Å². The molecule has 0 unspecified atom stereocenters. The van der Waals surface area contributed by atoms with E-state index < -0.39 is 0 Å². The molecular formula is C30H29N3O2. The molecule has 2 aromatic carbocycles. The lowest BCUT2D eigenvalue weighted by Crippen LogP contribution is -2.39. The van der Waals surface area contributed by atoms with Gasteiger partial charge in [0.05, 0.1) is 12.2 Å². The molecule has 0 spiro atoms. The second-order valence-electron chi connectivity index (χ2n) is 9.03. The summed E-state index contributed by atoms with van der Waals surface area (Å²) in [6.07, 6.45) is 14.4. The molecule has 2 aliphatic rings. The van der Waals surface area contributed by atoms with Crippen LogP contribution in [0.25, 0.3) is 11.1 Å². The fraction of sp³-hybridized carbons (Fsp3) is 0.200. The maximum Gasteiger partial charge on any atom is 0.265 e. The summed E-state index contributed by atoms with van der Waals surface area (Å²) in [5.74, 6) is 1.45. The quantitative estimate of drug-likeness (QED) is 0.459. The minimum Gasteiger partial charge on any atom is -0.482 e. The topological polar surface area (TPSA) is 54.5 Å². The molecule has 0 saturated heterocycles. The summed E-state index contributed by atoms with van der Waals surface area (Å²) in [6.45, 7) is 4.74. The van der Waals surface area contributed by atoms with E-state index in [-0.39, 0.29) is 12.5 Å². The predicted molar refractivity (Wildman–Crippen MR) is 142 cm³/mol. The summed E-state index contributed by atoms with van der Waals surface area (Å²) in [7, 11) is 0. The average molecular weight is 464 g/mol. The number of nitrogens with zero attached hydrogens (tertiary/aromatic N) is 2. The van der Waals surface area contributed by atoms with Gasteiger partial charge in [0.1, 0.15) is 11.6 Å². The fourth-order valence-electron chi connectivity index (χ4n) is 4.49. The lowest BCUT2D eigenvalue weighted by atomic mass is 10.0. The molecule has 1 N–H and O–H groups in total. The zero-order valence-electron chi connectivity index (χ0n) is 20.1. The third-order valence-corrected chi connectivity index (χ3v) is 6.11. The van der Waals surface area contributed by atoms with E-state index in [1.54, 1.807) is 6.20 Å². The van der Waals surface area contributed by atoms with Crippen LogP contribution in [0.5, 0.6) is 5.75 Å². The van der Waals surface area contributed by atoms with Gasteiger partial charge < -0.3 is 15.0 Å². The maximum atomic E-state index is 12.9. The number of allylic oxidation sites excluding steroid dienone is 4. The molecule has 0 atom stereocenters. The molecule has 0 saturated carbocycles. The van der Waals surface area contributed by atoms with Crippen LogP contribution < -0.4 is 15.0 Å². The van der Waals surface area contributed by atoms with E-state index in [0.717, 1.165) is 52.5 Å². The number of rotatable bonds is 5. The number of fused-ring (bicyclic) bond motifs is 1. The van der Waals surface area contributed by atoms with Gasteiger partial charge in [-0.15, -0.1) is 0 Å². The van der Waals surface area contributed by atoms with Crippen molar-refractivity contribution in [2.24, 2.45) is 0 Å². The maximum absolute atomic E-state index is 12.9. The van der Waals surface area contributed by atoms with Gasteiger partial charge in [0, 0.05) is 11.9 Å². The summed E-state index contributed by atoms with van der Waals surface area (Å²) < 4.78 is 5.75. The van der Waals surface area contributed by atoms with E-state index in [4.69, 9.17) is 4.74 Å². The Balaban J connectivity index is 1.44. The van der Waals surface area contributed by atoms with E-state index in [2.05, 4.69) is 72.7 Å². The van der Waals surface area contributed by atoms with Crippen LogP contribution in [0.1, 0.15) is 24.0 Å². The molecule has 1 amide bonds. The molecule has 0 fully saturated rings. The van der Waals surface area contributed by atoms with Crippen molar-refractivity contribution in [3.63, 3.8) is 0 Å². The third kappa shape index (κ3) is 5.35. The molecule has 1 aliphatic carbocycles. The first-order valence-corrected chi connectivity index (χ1v) is 12.0. The highest BCUT2D eigenvalue weighted by atomic mass is 16.5. The van der Waals surface area contributed by atoms with Crippen LogP contribution in [0.3, 0.4) is 0 Å². The fourth-order valence-corrected chi connectivity index (χ4v) is 4.49. The van der Waals surface area contributed by atoms with E-state index >= 15 is 0 Å². The number of nitrogens with one attached hydrogen (secondary N) is 1. The molecule has 2 heterocycles. The van der Waals surface area contributed by atoms with Gasteiger partial charge in [-0.2, -0.15) is 0 Å². The second-order valence-corrected chi connectivity index (χ2v) is 9.03. The first-order valence-electron chi connectivity index (χ1n) is 12.0. The van der Waals surface area contributed by atoms with Crippen molar-refractivity contribution in [3.8, 4) is 16.9 Å². The number of benzene rings is 2. The van der Waals surface area contributed by atoms with Crippen molar-refractivity contribution < 1.29 is 9.53 Å². The molecule has 176 valence electrons. The number of carbonyl (C=O) groups excluding carboxylic acids is 1. The summed E-state index contributed by atoms with van der Waals surface area (Å²) in [5.41, 5.74) is 7.31. The van der Waals surface area contributed by atoms with Gasteiger partial charge in [-0.05, 0) is 90.9 Å². The first kappa shape index (κ1) is 22.7. The van der Waals surface area contributed by atoms with Crippen molar-refractivity contribution >= 4 is 23.1 Å². The Kier molecular flexibility index (Phi) is 6.49. The predicted octanol–water partition coefficient (Wildman–Crippen LogP) is 6.67. The lowest BCUT2D eigenvalue weighted by Gasteiger charge is -2.30. The number of hydrogen-bond donors (Lipinski definition) is 1. The SMILES string of the molecule is Cc1cc(C)cc(Nc2cc(-c3ccc4c(c3)N(CC3=C/C=C\CCC=C3)C(=O)CO4)ccn2)c1. The van der Waals surface area contributed by atoms with Crippen molar-refractivity contribution in [3.05, 3.63) is 102 Å². The Morgan fingerprint density at radius 3 is 2.63 bits per heavy atom. The summed E-state index contributed by atoms with van der Waals surface area (Å²) in [6, 6.07) is 16.4. The summed E-state index contributed by atoms with van der Waals surface area (Å²) >= 11 is 0. The Morgan fingerprint density at radius 1 is 0.971 bits per heavy atom. The van der Waals surface area contributed by atoms with Crippen molar-refractivity contribution in [1.29, 1.82) is 0 Å². The number of hydrogen-bond acceptors (Lipinski definition) is 4. The van der Waals surface area contributed by atoms with Crippen LogP contribution in [0.15, 0.2) is 90.7 Å². The van der Waals surface area contributed by atoms with Gasteiger partial charge in [-0.25, -0.2) is 4.98 Å². The van der Waals surface area contributed by atoms with Gasteiger partial charge in [-0.3, -0.25) is 4.79 Å². The third-order valence-electron chi connectivity index (χ3n) is 6.11. The zero-order valence-corrected chi connectivity index (χ0v) is 20.1. The highest BCUT2D eigenvalue weighted by Crippen LogP contribution is 2.37. The average Bonchev–Trinajstić information content (AvgIpc) is 2.81. The van der Waals surface area contributed by atoms with Crippen LogP contribution >= 0.6 is 0 Å². The smallest absolute Gasteiger partial charge is 0.265 e. The zero-order chi connectivity index (χ0) is 24.2. The number of pyridine rings is 1. The van der Waals surface area contributed by atoms with Gasteiger partial charge in [0.25, 0.3) is 5.91 Å². The van der Waals surface area contributed by atoms with Crippen LogP contribution in [-0.4, -0.2) is 24.0 Å². The normalized spacial score (nSPS) is 16.0. The second kappa shape index (κ2) is 10.0. The molecule has 1 aromatic heterocycles. The van der Waals surface area contributed by atoms with E-state index in [1.165, 1.54) is 11.1 Å². The van der Waals surface area contributed by atoms with Gasteiger partial charge in [0.2, 0.25) is 0 Å². The number of carbonyl (C=O) groups is 1. The summed E-state index contributed by atoms with van der Waals surface area (Å²) in [5, 5.41) is 3.42. The molecule has 5 nitrogen and oxygen atoms in total. The van der Waals surface area contributed by atoms with Crippen LogP contribution in [-0.2, 0) is 4.79 Å². The molecule has 1 aliphatic heterocycles. The number of amides is 1. The van der Waals surface area contributed by atoms with Gasteiger partial charge in [0.15, 0.2) is 6.61 Å². The molecule has 0 radical (unpaired) electrons. The molecule has 5 heteroatoms. The van der Waals surface area contributed by atoms with E-state index in [9.17, 15) is 4.79 Å². The molecule has 5 rings (SSSR count). The van der Waals surface area contributed by atoms with Gasteiger partial charge in [-0.1, -0.05) is 42.5 Å².